The molecular weight excluding hydrogens is 777 g/mol. The summed E-state index contributed by atoms with van der Waals surface area (Å²) in [7, 11) is 0. The second-order valence-electron chi connectivity index (χ2n) is 17.3. The molecule has 5 heterocycles. The third kappa shape index (κ3) is 4.36. The van der Waals surface area contributed by atoms with Gasteiger partial charge in [-0.1, -0.05) is 146 Å². The molecule has 0 fully saturated rings. The third-order valence-corrected chi connectivity index (χ3v) is 14.1. The highest BCUT2D eigenvalue weighted by atomic mass is 15.0. The smallest absolute Gasteiger partial charge is 0.0620 e. The highest BCUT2D eigenvalue weighted by Gasteiger charge is 2.21. The minimum absolute atomic E-state index is 1.15. The molecule has 0 bridgehead atoms. The molecule has 0 aliphatic heterocycles. The average molecular weight is 813 g/mol. The van der Waals surface area contributed by atoms with Crippen LogP contribution >= 0.6 is 0 Å². The lowest BCUT2D eigenvalue weighted by molar-refractivity contribution is 1.18. The summed E-state index contributed by atoms with van der Waals surface area (Å²) in [5, 5.41) is 14.8. The number of nitrogens with zero attached hydrogens (tertiary/aromatic N) is 4. The zero-order valence-electron chi connectivity index (χ0n) is 34.6. The molecule has 0 spiro atoms. The van der Waals surface area contributed by atoms with E-state index in [0.717, 1.165) is 22.4 Å². The number of hydrogen-bond acceptors (Lipinski definition) is 0. The molecular formula is C60H36N4. The van der Waals surface area contributed by atoms with Crippen LogP contribution in [0.4, 0.5) is 0 Å². The van der Waals surface area contributed by atoms with Gasteiger partial charge in [0.05, 0.1) is 55.2 Å². The number of rotatable bonds is 2. The molecule has 0 saturated carbocycles. The lowest BCUT2D eigenvalue weighted by Gasteiger charge is -2.11. The van der Waals surface area contributed by atoms with Crippen molar-refractivity contribution in [2.24, 2.45) is 0 Å². The first-order chi connectivity index (χ1) is 31.8. The fourth-order valence-corrected chi connectivity index (χ4v) is 11.5. The van der Waals surface area contributed by atoms with Gasteiger partial charge in [0.2, 0.25) is 0 Å². The van der Waals surface area contributed by atoms with E-state index in [4.69, 9.17) is 0 Å². The number of hydrogen-bond donors (Lipinski definition) is 0. The number of para-hydroxylation sites is 8. The standard InChI is InChI=1S/C60H36N4/c1-7-25-51-39(15-1)40-16-2-8-26-52(40)61(51)37-31-33-57-49(35-37)47-23-13-21-45-46-22-14-24-48-50-36-38(62-53-27-9-3-17-41(53)42-18-4-10-28-54(42)62)32-34-58(50)64(60(46)48)56-30-12-6-20-44(56)43-19-5-11-29-55(43)63(57)59(45)47/h1-36H. The van der Waals surface area contributed by atoms with Gasteiger partial charge in [-0.3, -0.25) is 0 Å². The fraction of sp³-hybridized carbons (Fsp3) is 0. The maximum absolute atomic E-state index is 2.54. The van der Waals surface area contributed by atoms with Crippen molar-refractivity contribution in [2.45, 2.75) is 0 Å². The van der Waals surface area contributed by atoms with Gasteiger partial charge in [0.15, 0.2) is 0 Å². The summed E-state index contributed by atoms with van der Waals surface area (Å²) < 4.78 is 9.95. The van der Waals surface area contributed by atoms with Crippen LogP contribution in [0.25, 0.3) is 131 Å². The normalized spacial score (nSPS) is 12.4. The van der Waals surface area contributed by atoms with E-state index in [9.17, 15) is 0 Å². The molecule has 296 valence electrons. The van der Waals surface area contributed by atoms with Crippen LogP contribution in [0.15, 0.2) is 218 Å². The molecule has 0 saturated heterocycles. The molecule has 0 aliphatic rings. The lowest BCUT2D eigenvalue weighted by Crippen LogP contribution is -1.94. The maximum atomic E-state index is 2.54. The summed E-state index contributed by atoms with van der Waals surface area (Å²) in [5.74, 6) is 0. The van der Waals surface area contributed by atoms with Gasteiger partial charge in [-0.15, -0.1) is 0 Å². The van der Waals surface area contributed by atoms with Gasteiger partial charge in [-0.05, 0) is 72.8 Å². The summed E-state index contributed by atoms with van der Waals surface area (Å²) in [4.78, 5) is 0. The van der Waals surface area contributed by atoms with Gasteiger partial charge in [0.25, 0.3) is 0 Å². The Morgan fingerprint density at radius 2 is 0.438 bits per heavy atom. The average Bonchev–Trinajstić information content (AvgIpc) is 4.08. The van der Waals surface area contributed by atoms with Gasteiger partial charge in [-0.25, -0.2) is 0 Å². The SMILES string of the molecule is c1ccc2c(c1)c1ccccc1n2-c1ccc2c(c1)c1cccc3c4cccc5c6cc(-n7c8ccccc8c8ccccc87)ccc6n(c6ccccc6c6ccccc6n2c13)c54. The Morgan fingerprint density at radius 3 is 0.781 bits per heavy atom. The summed E-state index contributed by atoms with van der Waals surface area (Å²) in [5.41, 5.74) is 14.2. The minimum atomic E-state index is 1.15. The van der Waals surface area contributed by atoms with Crippen LogP contribution in [0.5, 0.6) is 0 Å². The Kier molecular flexibility index (Phi) is 6.65. The van der Waals surface area contributed by atoms with Crippen molar-refractivity contribution >= 4 is 120 Å². The van der Waals surface area contributed by atoms with Crippen LogP contribution in [-0.2, 0) is 0 Å². The zero-order chi connectivity index (χ0) is 41.6. The number of benzene rings is 10. The molecule has 0 atom stereocenters. The Hall–Kier alpha value is -8.60. The Balaban J connectivity index is 1.13. The second kappa shape index (κ2) is 12.5. The first-order valence-electron chi connectivity index (χ1n) is 22.1. The van der Waals surface area contributed by atoms with Crippen molar-refractivity contribution in [1.29, 1.82) is 0 Å². The first kappa shape index (κ1) is 34.0. The number of aromatic nitrogens is 4. The summed E-state index contributed by atoms with van der Waals surface area (Å²) in [6.07, 6.45) is 0. The Bertz CT molecular complexity index is 4150. The van der Waals surface area contributed by atoms with E-state index in [1.807, 2.05) is 0 Å². The second-order valence-corrected chi connectivity index (χ2v) is 17.3. The predicted octanol–water partition coefficient (Wildman–Crippen LogP) is 15.9. The van der Waals surface area contributed by atoms with Crippen molar-refractivity contribution in [1.82, 2.24) is 17.9 Å². The van der Waals surface area contributed by atoms with E-state index in [1.165, 1.54) is 109 Å². The molecule has 0 radical (unpaired) electrons. The number of fused-ring (bicyclic) bond motifs is 18. The Morgan fingerprint density at radius 1 is 0.188 bits per heavy atom. The Labute approximate surface area is 365 Å². The summed E-state index contributed by atoms with van der Waals surface area (Å²) >= 11 is 0. The highest BCUT2D eigenvalue weighted by Crippen LogP contribution is 2.43. The fourth-order valence-electron chi connectivity index (χ4n) is 11.5. The summed E-state index contributed by atoms with van der Waals surface area (Å²) in [6, 6.07) is 81.1. The molecule has 0 amide bonds. The van der Waals surface area contributed by atoms with Gasteiger partial charge < -0.3 is 17.9 Å². The van der Waals surface area contributed by atoms with E-state index >= 15 is 0 Å². The molecule has 15 rings (SSSR count). The van der Waals surface area contributed by atoms with Crippen LogP contribution in [0.2, 0.25) is 0 Å². The molecule has 4 nitrogen and oxygen atoms in total. The zero-order valence-corrected chi connectivity index (χ0v) is 34.6. The van der Waals surface area contributed by atoms with Crippen LogP contribution < -0.4 is 0 Å². The quantitative estimate of drug-likeness (QED) is 0.166. The topological polar surface area (TPSA) is 18.7 Å². The van der Waals surface area contributed by atoms with E-state index in [-0.39, 0.29) is 0 Å². The first-order valence-corrected chi connectivity index (χ1v) is 22.1. The van der Waals surface area contributed by atoms with Crippen molar-refractivity contribution in [3.63, 3.8) is 0 Å². The van der Waals surface area contributed by atoms with Gasteiger partial charge in [-0.2, -0.15) is 0 Å². The van der Waals surface area contributed by atoms with Crippen LogP contribution in [0, 0.1) is 0 Å². The highest BCUT2D eigenvalue weighted by molar-refractivity contribution is 6.26. The summed E-state index contributed by atoms with van der Waals surface area (Å²) in [6.45, 7) is 0. The van der Waals surface area contributed by atoms with E-state index in [0.29, 0.717) is 0 Å². The molecule has 0 unspecified atom stereocenters. The van der Waals surface area contributed by atoms with Crippen LogP contribution in [0.1, 0.15) is 0 Å². The molecule has 5 aromatic heterocycles. The molecule has 0 N–H and O–H groups in total. The van der Waals surface area contributed by atoms with Crippen LogP contribution in [-0.4, -0.2) is 17.9 Å². The molecule has 10 aromatic carbocycles. The van der Waals surface area contributed by atoms with Crippen LogP contribution in [0.3, 0.4) is 0 Å². The van der Waals surface area contributed by atoms with Gasteiger partial charge >= 0.3 is 0 Å². The molecule has 64 heavy (non-hydrogen) atoms. The monoisotopic (exact) mass is 812 g/mol. The predicted molar refractivity (Wildman–Crippen MR) is 271 cm³/mol. The maximum Gasteiger partial charge on any atom is 0.0620 e. The van der Waals surface area contributed by atoms with E-state index in [2.05, 4.69) is 236 Å². The third-order valence-electron chi connectivity index (χ3n) is 14.1. The van der Waals surface area contributed by atoms with Crippen molar-refractivity contribution < 1.29 is 0 Å². The minimum Gasteiger partial charge on any atom is -0.309 e. The van der Waals surface area contributed by atoms with Crippen molar-refractivity contribution in [3.05, 3.63) is 218 Å². The van der Waals surface area contributed by atoms with E-state index in [1.54, 1.807) is 0 Å². The molecule has 0 aliphatic carbocycles. The lowest BCUT2D eigenvalue weighted by atomic mass is 10.0. The van der Waals surface area contributed by atoms with Crippen molar-refractivity contribution in [2.75, 3.05) is 0 Å². The molecule has 15 aromatic rings. The van der Waals surface area contributed by atoms with Gasteiger partial charge in [0.1, 0.15) is 0 Å². The van der Waals surface area contributed by atoms with E-state index < -0.39 is 0 Å². The molecule has 4 heteroatoms. The van der Waals surface area contributed by atoms with Gasteiger partial charge in [0, 0.05) is 76.0 Å². The largest absolute Gasteiger partial charge is 0.309 e. The van der Waals surface area contributed by atoms with Crippen molar-refractivity contribution in [3.8, 4) is 11.4 Å².